The van der Waals surface area contributed by atoms with E-state index in [0.717, 1.165) is 67.3 Å². The van der Waals surface area contributed by atoms with Gasteiger partial charge < -0.3 is 19.8 Å². The second-order valence-electron chi connectivity index (χ2n) is 5.99. The highest BCUT2D eigenvalue weighted by Crippen LogP contribution is 2.21. The molecule has 6 heteroatoms. The van der Waals surface area contributed by atoms with Gasteiger partial charge in [-0.25, -0.2) is 4.98 Å². The largest absolute Gasteiger partial charge is 0.379 e. The van der Waals surface area contributed by atoms with Crippen molar-refractivity contribution in [3.8, 4) is 11.3 Å². The number of H-pyrrole nitrogens is 1. The Morgan fingerprint density at radius 1 is 1.42 bits per heavy atom. The number of nitrogens with one attached hydrogen (secondary N) is 2. The maximum atomic E-state index is 5.65. The van der Waals surface area contributed by atoms with E-state index in [4.69, 9.17) is 9.47 Å². The lowest BCUT2D eigenvalue weighted by atomic mass is 10.2. The van der Waals surface area contributed by atoms with Crippen LogP contribution in [0.3, 0.4) is 0 Å². The summed E-state index contributed by atoms with van der Waals surface area (Å²) >= 11 is 3.49. The molecule has 0 spiro atoms. The Labute approximate surface area is 151 Å². The third-order valence-corrected chi connectivity index (χ3v) is 4.52. The molecule has 2 heterocycles. The molecule has 0 radical (unpaired) electrons. The number of rotatable bonds is 9. The van der Waals surface area contributed by atoms with E-state index in [9.17, 15) is 0 Å². The lowest BCUT2D eigenvalue weighted by Gasteiger charge is -2.10. The topological polar surface area (TPSA) is 59.2 Å². The van der Waals surface area contributed by atoms with Crippen molar-refractivity contribution < 1.29 is 9.47 Å². The number of imidazole rings is 1. The van der Waals surface area contributed by atoms with E-state index in [1.54, 1.807) is 0 Å². The molecular formula is C18H24BrN3O2. The Hall–Kier alpha value is -1.21. The van der Waals surface area contributed by atoms with Gasteiger partial charge in [0.2, 0.25) is 0 Å². The van der Waals surface area contributed by atoms with E-state index in [1.165, 1.54) is 6.42 Å². The molecule has 0 aliphatic carbocycles. The number of aromatic amines is 1. The highest BCUT2D eigenvalue weighted by molar-refractivity contribution is 9.10. The van der Waals surface area contributed by atoms with E-state index < -0.39 is 0 Å². The fraction of sp³-hybridized carbons (Fsp3) is 0.500. The SMILES string of the molecule is Brc1cccc(-c2cnc(CNCCCOCC3CCCO3)[nH]2)c1. The summed E-state index contributed by atoms with van der Waals surface area (Å²) in [6.07, 6.45) is 5.49. The lowest BCUT2D eigenvalue weighted by molar-refractivity contribution is 0.0166. The molecule has 1 aliphatic heterocycles. The van der Waals surface area contributed by atoms with Gasteiger partial charge in [0.25, 0.3) is 0 Å². The van der Waals surface area contributed by atoms with Gasteiger partial charge >= 0.3 is 0 Å². The molecule has 1 aliphatic rings. The molecule has 0 bridgehead atoms. The van der Waals surface area contributed by atoms with E-state index in [2.05, 4.69) is 43.3 Å². The zero-order valence-corrected chi connectivity index (χ0v) is 15.3. The third-order valence-electron chi connectivity index (χ3n) is 4.03. The Kier molecular flexibility index (Phi) is 6.84. The zero-order valence-electron chi connectivity index (χ0n) is 13.8. The highest BCUT2D eigenvalue weighted by Gasteiger charge is 2.14. The first-order valence-corrected chi connectivity index (χ1v) is 9.30. The van der Waals surface area contributed by atoms with Crippen molar-refractivity contribution in [3.63, 3.8) is 0 Å². The molecule has 1 saturated heterocycles. The van der Waals surface area contributed by atoms with Crippen LogP contribution >= 0.6 is 15.9 Å². The summed E-state index contributed by atoms with van der Waals surface area (Å²) in [5.41, 5.74) is 2.17. The Morgan fingerprint density at radius 2 is 2.38 bits per heavy atom. The maximum Gasteiger partial charge on any atom is 0.120 e. The van der Waals surface area contributed by atoms with Crippen molar-refractivity contribution in [2.24, 2.45) is 0 Å². The fourth-order valence-corrected chi connectivity index (χ4v) is 3.15. The second-order valence-corrected chi connectivity index (χ2v) is 6.91. The molecule has 1 atom stereocenters. The molecule has 1 aromatic heterocycles. The molecule has 1 unspecified atom stereocenters. The van der Waals surface area contributed by atoms with Gasteiger partial charge in [-0.05, 0) is 37.9 Å². The van der Waals surface area contributed by atoms with Crippen molar-refractivity contribution in [3.05, 3.63) is 40.8 Å². The summed E-state index contributed by atoms with van der Waals surface area (Å²) in [5, 5.41) is 3.39. The first kappa shape index (κ1) is 17.6. The van der Waals surface area contributed by atoms with Gasteiger partial charge in [0, 0.05) is 23.2 Å². The molecule has 2 N–H and O–H groups in total. The van der Waals surface area contributed by atoms with E-state index in [-0.39, 0.29) is 0 Å². The van der Waals surface area contributed by atoms with Crippen molar-refractivity contribution in [1.29, 1.82) is 0 Å². The average Bonchev–Trinajstić information content (AvgIpc) is 3.26. The molecule has 0 saturated carbocycles. The molecule has 3 rings (SSSR count). The van der Waals surface area contributed by atoms with Crippen LogP contribution in [0.1, 0.15) is 25.1 Å². The van der Waals surface area contributed by atoms with Crippen LogP contribution in [0.15, 0.2) is 34.9 Å². The first-order valence-electron chi connectivity index (χ1n) is 8.51. The van der Waals surface area contributed by atoms with Crippen LogP contribution in [0.2, 0.25) is 0 Å². The van der Waals surface area contributed by atoms with Crippen LogP contribution < -0.4 is 5.32 Å². The van der Waals surface area contributed by atoms with Crippen LogP contribution in [-0.4, -0.2) is 42.4 Å². The predicted molar refractivity (Wildman–Crippen MR) is 97.8 cm³/mol. The van der Waals surface area contributed by atoms with Crippen LogP contribution in [0, 0.1) is 0 Å². The van der Waals surface area contributed by atoms with Crippen LogP contribution in [0.4, 0.5) is 0 Å². The summed E-state index contributed by atoms with van der Waals surface area (Å²) in [5.74, 6) is 0.949. The average molecular weight is 394 g/mol. The van der Waals surface area contributed by atoms with E-state index in [0.29, 0.717) is 6.10 Å². The number of halogens is 1. The quantitative estimate of drug-likeness (QED) is 0.639. The minimum absolute atomic E-state index is 0.317. The predicted octanol–water partition coefficient (Wildman–Crippen LogP) is 3.51. The molecule has 130 valence electrons. The van der Waals surface area contributed by atoms with Gasteiger partial charge in [-0.2, -0.15) is 0 Å². The van der Waals surface area contributed by atoms with Crippen LogP contribution in [0.25, 0.3) is 11.3 Å². The normalized spacial score (nSPS) is 17.5. The first-order chi connectivity index (χ1) is 11.8. The number of hydrogen-bond acceptors (Lipinski definition) is 4. The van der Waals surface area contributed by atoms with Gasteiger partial charge in [0.15, 0.2) is 0 Å². The van der Waals surface area contributed by atoms with E-state index >= 15 is 0 Å². The van der Waals surface area contributed by atoms with Crippen molar-refractivity contribution >= 4 is 15.9 Å². The molecule has 1 fully saturated rings. The second kappa shape index (κ2) is 9.32. The van der Waals surface area contributed by atoms with Gasteiger partial charge in [-0.1, -0.05) is 28.1 Å². The summed E-state index contributed by atoms with van der Waals surface area (Å²) in [7, 11) is 0. The number of hydrogen-bond donors (Lipinski definition) is 2. The molecule has 24 heavy (non-hydrogen) atoms. The molecule has 0 amide bonds. The van der Waals surface area contributed by atoms with Crippen LogP contribution in [-0.2, 0) is 16.0 Å². The summed E-state index contributed by atoms with van der Waals surface area (Å²) < 4.78 is 12.2. The van der Waals surface area contributed by atoms with E-state index in [1.807, 2.05) is 18.3 Å². The molecular weight excluding hydrogens is 370 g/mol. The number of nitrogens with zero attached hydrogens (tertiary/aromatic N) is 1. The number of ether oxygens (including phenoxy) is 2. The summed E-state index contributed by atoms with van der Waals surface area (Å²) in [6, 6.07) is 8.19. The lowest BCUT2D eigenvalue weighted by Crippen LogP contribution is -2.19. The van der Waals surface area contributed by atoms with Gasteiger partial charge in [0.1, 0.15) is 5.82 Å². The molecule has 5 nitrogen and oxygen atoms in total. The van der Waals surface area contributed by atoms with Gasteiger partial charge in [0.05, 0.1) is 31.1 Å². The fourth-order valence-electron chi connectivity index (χ4n) is 2.75. The minimum Gasteiger partial charge on any atom is -0.379 e. The minimum atomic E-state index is 0.317. The van der Waals surface area contributed by atoms with Crippen LogP contribution in [0.5, 0.6) is 0 Å². The Bertz CT molecular complexity index is 626. The Morgan fingerprint density at radius 3 is 3.21 bits per heavy atom. The zero-order chi connectivity index (χ0) is 16.6. The van der Waals surface area contributed by atoms with Gasteiger partial charge in [-0.3, -0.25) is 0 Å². The Balaban J connectivity index is 1.31. The summed E-state index contributed by atoms with van der Waals surface area (Å²) in [6.45, 7) is 4.04. The van der Waals surface area contributed by atoms with Crippen molar-refractivity contribution in [2.45, 2.75) is 31.9 Å². The van der Waals surface area contributed by atoms with Crippen molar-refractivity contribution in [1.82, 2.24) is 15.3 Å². The third kappa shape index (κ3) is 5.41. The highest BCUT2D eigenvalue weighted by atomic mass is 79.9. The van der Waals surface area contributed by atoms with Crippen molar-refractivity contribution in [2.75, 3.05) is 26.4 Å². The maximum absolute atomic E-state index is 5.65. The smallest absolute Gasteiger partial charge is 0.120 e. The number of benzene rings is 1. The molecule has 2 aromatic rings. The number of aromatic nitrogens is 2. The monoisotopic (exact) mass is 393 g/mol. The molecule has 1 aromatic carbocycles. The standard InChI is InChI=1S/C18H24BrN3O2/c19-15-5-1-4-14(10-15)17-11-21-18(22-17)12-20-7-3-8-23-13-16-6-2-9-24-16/h1,4-5,10-11,16,20H,2-3,6-9,12-13H2,(H,21,22). The van der Waals surface area contributed by atoms with Gasteiger partial charge in [-0.15, -0.1) is 0 Å². The summed E-state index contributed by atoms with van der Waals surface area (Å²) in [4.78, 5) is 7.78.